The Balaban J connectivity index is 1.13. The second-order valence-corrected chi connectivity index (χ2v) is 14.0. The summed E-state index contributed by atoms with van der Waals surface area (Å²) in [4.78, 5) is 2.39. The number of fused-ring (bicyclic) bond motifs is 8. The van der Waals surface area contributed by atoms with Crippen LogP contribution in [0.2, 0.25) is 0 Å². The maximum atomic E-state index is 2.39. The van der Waals surface area contributed by atoms with E-state index in [1.165, 1.54) is 74.7 Å². The summed E-state index contributed by atoms with van der Waals surface area (Å²) in [5.41, 5.74) is 8.27. The Morgan fingerprint density at radius 3 is 1.68 bits per heavy atom. The summed E-state index contributed by atoms with van der Waals surface area (Å²) in [6, 6.07) is 68.7. The van der Waals surface area contributed by atoms with E-state index in [-0.39, 0.29) is 0 Å². The molecule has 0 aliphatic carbocycles. The number of thiophene rings is 1. The van der Waals surface area contributed by atoms with Crippen molar-refractivity contribution in [3.8, 4) is 22.3 Å². The molecule has 0 spiro atoms. The van der Waals surface area contributed by atoms with E-state index in [1.54, 1.807) is 0 Å². The molecule has 1 aromatic heterocycles. The Labute approximate surface area is 294 Å². The van der Waals surface area contributed by atoms with Crippen molar-refractivity contribution < 1.29 is 0 Å². The van der Waals surface area contributed by atoms with Gasteiger partial charge in [0.15, 0.2) is 0 Å². The van der Waals surface area contributed by atoms with Crippen molar-refractivity contribution in [1.82, 2.24) is 0 Å². The Kier molecular flexibility index (Phi) is 6.75. The third-order valence-corrected chi connectivity index (χ3v) is 11.3. The number of hydrogen-bond acceptors (Lipinski definition) is 2. The number of hydrogen-bond donors (Lipinski definition) is 0. The van der Waals surface area contributed by atoms with Crippen LogP contribution in [-0.2, 0) is 0 Å². The van der Waals surface area contributed by atoms with Crippen molar-refractivity contribution in [3.05, 3.63) is 188 Å². The summed E-state index contributed by atoms with van der Waals surface area (Å²) in [5, 5.41) is 10.3. The van der Waals surface area contributed by atoms with E-state index in [9.17, 15) is 0 Å². The zero-order valence-electron chi connectivity index (χ0n) is 27.3. The lowest BCUT2D eigenvalue weighted by atomic mass is 9.93. The molecule has 1 heterocycles. The van der Waals surface area contributed by atoms with Gasteiger partial charge in [0.2, 0.25) is 0 Å². The number of anilines is 3. The predicted octanol–water partition coefficient (Wildman–Crippen LogP) is 14.3. The first-order valence-corrected chi connectivity index (χ1v) is 17.9. The molecule has 0 radical (unpaired) electrons. The van der Waals surface area contributed by atoms with Gasteiger partial charge in [0.05, 0.1) is 0 Å². The maximum Gasteiger partial charge on any atom is 0.0468 e. The summed E-state index contributed by atoms with van der Waals surface area (Å²) in [6.07, 6.45) is 0. The molecule has 0 aliphatic heterocycles. The van der Waals surface area contributed by atoms with Crippen LogP contribution in [0.15, 0.2) is 188 Å². The van der Waals surface area contributed by atoms with Crippen molar-refractivity contribution in [2.75, 3.05) is 4.90 Å². The molecular weight excluding hydrogens is 623 g/mol. The maximum absolute atomic E-state index is 2.39. The van der Waals surface area contributed by atoms with Crippen molar-refractivity contribution in [3.63, 3.8) is 0 Å². The van der Waals surface area contributed by atoms with Gasteiger partial charge in [0.25, 0.3) is 0 Å². The van der Waals surface area contributed by atoms with Gasteiger partial charge in [-0.1, -0.05) is 140 Å². The summed E-state index contributed by atoms with van der Waals surface area (Å²) in [7, 11) is 0. The van der Waals surface area contributed by atoms with E-state index >= 15 is 0 Å². The highest BCUT2D eigenvalue weighted by Crippen LogP contribution is 2.43. The van der Waals surface area contributed by atoms with Gasteiger partial charge in [-0.25, -0.2) is 0 Å². The molecule has 2 heteroatoms. The third kappa shape index (κ3) is 4.76. The average molecular weight is 654 g/mol. The van der Waals surface area contributed by atoms with Crippen LogP contribution in [-0.4, -0.2) is 0 Å². The molecule has 0 saturated carbocycles. The summed E-state index contributed by atoms with van der Waals surface area (Å²) < 4.78 is 2.66. The minimum absolute atomic E-state index is 1.12. The first-order chi connectivity index (χ1) is 24.8. The first kappa shape index (κ1) is 28.8. The number of nitrogens with zero attached hydrogens (tertiary/aromatic N) is 1. The fourth-order valence-corrected chi connectivity index (χ4v) is 8.82. The van der Waals surface area contributed by atoms with Crippen LogP contribution < -0.4 is 4.90 Å². The molecule has 0 N–H and O–H groups in total. The Morgan fingerprint density at radius 1 is 0.320 bits per heavy atom. The number of rotatable bonds is 5. The lowest BCUT2D eigenvalue weighted by molar-refractivity contribution is 1.29. The molecule has 0 aliphatic rings. The normalized spacial score (nSPS) is 11.6. The summed E-state index contributed by atoms with van der Waals surface area (Å²) >= 11 is 1.89. The van der Waals surface area contributed by atoms with Gasteiger partial charge < -0.3 is 4.90 Å². The molecule has 0 bridgehead atoms. The predicted molar refractivity (Wildman–Crippen MR) is 217 cm³/mol. The van der Waals surface area contributed by atoms with Crippen LogP contribution in [0, 0.1) is 0 Å². The first-order valence-electron chi connectivity index (χ1n) is 17.1. The second kappa shape index (κ2) is 11.7. The highest BCUT2D eigenvalue weighted by atomic mass is 32.1. The Hall–Kier alpha value is -6.22. The zero-order chi connectivity index (χ0) is 33.0. The van der Waals surface area contributed by atoms with E-state index in [0.717, 1.165) is 17.1 Å². The molecule has 9 aromatic carbocycles. The molecule has 1 nitrogen and oxygen atoms in total. The van der Waals surface area contributed by atoms with E-state index < -0.39 is 0 Å². The van der Waals surface area contributed by atoms with Gasteiger partial charge in [-0.2, -0.15) is 0 Å². The monoisotopic (exact) mass is 653 g/mol. The van der Waals surface area contributed by atoms with Crippen LogP contribution >= 0.6 is 11.3 Å². The molecule has 0 unspecified atom stereocenters. The van der Waals surface area contributed by atoms with Crippen LogP contribution in [0.25, 0.3) is 74.7 Å². The van der Waals surface area contributed by atoms with Gasteiger partial charge in [-0.3, -0.25) is 0 Å². The number of benzene rings is 9. The SMILES string of the molecule is c1ccc(-c2ccc(N(c3ccc(-c4cc5ccccc5c5ccccc45)cc3)c3ccc4ccc5c6ccccc6sc5c4c3)cc2)cc1. The van der Waals surface area contributed by atoms with Crippen molar-refractivity contribution in [1.29, 1.82) is 0 Å². The van der Waals surface area contributed by atoms with Gasteiger partial charge in [-0.05, 0) is 97.7 Å². The summed E-state index contributed by atoms with van der Waals surface area (Å²) in [5.74, 6) is 0. The van der Waals surface area contributed by atoms with E-state index in [4.69, 9.17) is 0 Å². The van der Waals surface area contributed by atoms with Gasteiger partial charge in [0.1, 0.15) is 0 Å². The fraction of sp³-hybridized carbons (Fsp3) is 0. The van der Waals surface area contributed by atoms with Crippen molar-refractivity contribution in [2.24, 2.45) is 0 Å². The minimum Gasteiger partial charge on any atom is -0.310 e. The quantitative estimate of drug-likeness (QED) is 0.167. The second-order valence-electron chi connectivity index (χ2n) is 12.9. The Bertz CT molecular complexity index is 2850. The lowest BCUT2D eigenvalue weighted by Crippen LogP contribution is -2.09. The van der Waals surface area contributed by atoms with Crippen molar-refractivity contribution in [2.45, 2.75) is 0 Å². The van der Waals surface area contributed by atoms with Gasteiger partial charge >= 0.3 is 0 Å². The molecule has 0 amide bonds. The van der Waals surface area contributed by atoms with Crippen LogP contribution in [0.4, 0.5) is 17.1 Å². The minimum atomic E-state index is 1.12. The standard InChI is InChI=1S/C48H31NS/c1-2-10-32(11-3-1)33-18-24-37(25-19-33)49(39-28-22-35-23-29-44-43-16-8-9-17-47(43)50-48(44)46(35)31-39)38-26-20-34(21-27-38)45-30-36-12-4-5-13-40(36)41-14-6-7-15-42(41)45/h1-31H. The van der Waals surface area contributed by atoms with E-state index in [1.807, 2.05) is 11.3 Å². The third-order valence-electron chi connectivity index (χ3n) is 10.0. The van der Waals surface area contributed by atoms with Crippen LogP contribution in [0.5, 0.6) is 0 Å². The van der Waals surface area contributed by atoms with Crippen molar-refractivity contribution >= 4 is 80.9 Å². The largest absolute Gasteiger partial charge is 0.310 e. The Morgan fingerprint density at radius 2 is 0.900 bits per heavy atom. The lowest BCUT2D eigenvalue weighted by Gasteiger charge is -2.26. The van der Waals surface area contributed by atoms with Gasteiger partial charge in [0, 0.05) is 42.6 Å². The molecule has 234 valence electrons. The molecule has 10 aromatic rings. The molecule has 50 heavy (non-hydrogen) atoms. The molecule has 10 rings (SSSR count). The molecular formula is C48H31NS. The fourth-order valence-electron chi connectivity index (χ4n) is 7.59. The van der Waals surface area contributed by atoms with Gasteiger partial charge in [-0.15, -0.1) is 11.3 Å². The molecule has 0 fully saturated rings. The zero-order valence-corrected chi connectivity index (χ0v) is 28.1. The van der Waals surface area contributed by atoms with Crippen LogP contribution in [0.1, 0.15) is 0 Å². The topological polar surface area (TPSA) is 3.24 Å². The van der Waals surface area contributed by atoms with E-state index in [2.05, 4.69) is 193 Å². The summed E-state index contributed by atoms with van der Waals surface area (Å²) in [6.45, 7) is 0. The molecule has 0 saturated heterocycles. The average Bonchev–Trinajstić information content (AvgIpc) is 3.58. The highest BCUT2D eigenvalue weighted by Gasteiger charge is 2.17. The molecule has 0 atom stereocenters. The smallest absolute Gasteiger partial charge is 0.0468 e. The van der Waals surface area contributed by atoms with Crippen LogP contribution in [0.3, 0.4) is 0 Å². The highest BCUT2D eigenvalue weighted by molar-refractivity contribution is 7.26. The van der Waals surface area contributed by atoms with E-state index in [0.29, 0.717) is 0 Å².